The fourth-order valence-corrected chi connectivity index (χ4v) is 2.98. The third-order valence-electron chi connectivity index (χ3n) is 4.06. The first kappa shape index (κ1) is 24.9. The summed E-state index contributed by atoms with van der Waals surface area (Å²) in [6, 6.07) is 8.91. The van der Waals surface area contributed by atoms with E-state index in [1.165, 1.54) is 18.2 Å². The van der Waals surface area contributed by atoms with Crippen molar-refractivity contribution in [2.75, 3.05) is 17.2 Å². The van der Waals surface area contributed by atoms with Gasteiger partial charge in [0.25, 0.3) is 0 Å². The molecule has 0 spiro atoms. The summed E-state index contributed by atoms with van der Waals surface area (Å²) in [4.78, 5) is 18.9. The molecule has 0 saturated heterocycles. The number of hydrogen-bond donors (Lipinski definition) is 3. The van der Waals surface area contributed by atoms with E-state index in [2.05, 4.69) is 25.3 Å². The minimum atomic E-state index is -4.96. The van der Waals surface area contributed by atoms with E-state index in [4.69, 9.17) is 16.7 Å². The molecule has 14 heteroatoms. The molecular weight excluding hydrogens is 494 g/mol. The Balaban J connectivity index is 2.07. The van der Waals surface area contributed by atoms with Gasteiger partial charge in [-0.15, -0.1) is 13.2 Å². The van der Waals surface area contributed by atoms with Gasteiger partial charge in [0.2, 0.25) is 5.95 Å². The smallest absolute Gasteiger partial charge is 0.480 e. The molecule has 3 rings (SSSR count). The molecule has 0 amide bonds. The summed E-state index contributed by atoms with van der Waals surface area (Å²) in [7, 11) is 0. The summed E-state index contributed by atoms with van der Waals surface area (Å²) in [6.07, 6.45) is -9.72. The molecule has 0 aliphatic carbocycles. The van der Waals surface area contributed by atoms with Gasteiger partial charge in [0.1, 0.15) is 18.1 Å². The molecule has 1 heterocycles. The monoisotopic (exact) mass is 506 g/mol. The van der Waals surface area contributed by atoms with Crippen molar-refractivity contribution in [2.24, 2.45) is 0 Å². The van der Waals surface area contributed by atoms with Crippen molar-refractivity contribution in [1.29, 1.82) is 0 Å². The summed E-state index contributed by atoms with van der Waals surface area (Å²) in [5.41, 5.74) is -1.58. The zero-order valence-electron chi connectivity index (χ0n) is 16.6. The van der Waals surface area contributed by atoms with E-state index < -0.39 is 42.1 Å². The van der Waals surface area contributed by atoms with Crippen LogP contribution in [0.5, 0.6) is 5.75 Å². The van der Waals surface area contributed by atoms with E-state index in [0.717, 1.165) is 30.3 Å². The molecule has 2 aromatic carbocycles. The van der Waals surface area contributed by atoms with Crippen molar-refractivity contribution in [3.63, 3.8) is 0 Å². The normalized spacial score (nSPS) is 11.7. The molecule has 3 N–H and O–H groups in total. The van der Waals surface area contributed by atoms with Crippen LogP contribution in [0.15, 0.2) is 48.5 Å². The Bertz CT molecular complexity index is 1200. The highest BCUT2D eigenvalue weighted by molar-refractivity contribution is 6.33. The molecule has 0 saturated carbocycles. The highest BCUT2D eigenvalue weighted by atomic mass is 35.5. The number of para-hydroxylation sites is 1. The van der Waals surface area contributed by atoms with Crippen molar-refractivity contribution < 1.29 is 41.0 Å². The van der Waals surface area contributed by atoms with E-state index in [9.17, 15) is 31.1 Å². The Labute approximate surface area is 192 Å². The number of nitrogens with one attached hydrogen (secondary N) is 2. The number of halogens is 7. The van der Waals surface area contributed by atoms with Gasteiger partial charge in [-0.05, 0) is 24.3 Å². The highest BCUT2D eigenvalue weighted by Crippen LogP contribution is 2.40. The number of carbonyl (C=O) groups is 1. The lowest BCUT2D eigenvalue weighted by Crippen LogP contribution is -2.17. The van der Waals surface area contributed by atoms with Crippen LogP contribution in [0.4, 0.5) is 43.8 Å². The average molecular weight is 507 g/mol. The van der Waals surface area contributed by atoms with Crippen molar-refractivity contribution in [3.05, 3.63) is 59.1 Å². The minimum absolute atomic E-state index is 0.0429. The van der Waals surface area contributed by atoms with Gasteiger partial charge < -0.3 is 20.5 Å². The Morgan fingerprint density at radius 1 is 1.03 bits per heavy atom. The van der Waals surface area contributed by atoms with E-state index in [-0.39, 0.29) is 28.0 Å². The van der Waals surface area contributed by atoms with Crippen LogP contribution in [-0.4, -0.2) is 34.0 Å². The first-order valence-corrected chi connectivity index (χ1v) is 9.53. The maximum Gasteiger partial charge on any atom is 0.573 e. The number of carboxylic acids is 1. The standard InChI is InChI=1S/C20H13ClF6N4O3/c21-13-6-2-5-12(19(22,23)24)17(13)30-15-8-14(29-18(31-15)28-9-16(32)33)10-3-1-4-11(7-10)34-20(25,26)27/h1-8H,9H2,(H,32,33)(H2,28,29,30,31). The van der Waals surface area contributed by atoms with E-state index in [0.29, 0.717) is 0 Å². The second-order valence-corrected chi connectivity index (χ2v) is 6.98. The molecule has 0 fully saturated rings. The number of ether oxygens (including phenoxy) is 1. The summed E-state index contributed by atoms with van der Waals surface area (Å²) in [5.74, 6) is -2.40. The predicted octanol–water partition coefficient (Wildman–Crippen LogP) is 5.95. The fourth-order valence-electron chi connectivity index (χ4n) is 2.76. The Kier molecular flexibility index (Phi) is 7.05. The van der Waals surface area contributed by atoms with Gasteiger partial charge >= 0.3 is 18.5 Å². The number of aliphatic carboxylic acids is 1. The van der Waals surface area contributed by atoms with Crippen LogP contribution in [0, 0.1) is 0 Å². The molecule has 0 unspecified atom stereocenters. The maximum atomic E-state index is 13.4. The summed E-state index contributed by atoms with van der Waals surface area (Å²) in [6.45, 7) is -0.639. The summed E-state index contributed by atoms with van der Waals surface area (Å²) in [5, 5.41) is 13.4. The number of alkyl halides is 6. The van der Waals surface area contributed by atoms with Gasteiger partial charge in [-0.25, -0.2) is 4.98 Å². The molecule has 180 valence electrons. The van der Waals surface area contributed by atoms with Crippen molar-refractivity contribution in [2.45, 2.75) is 12.5 Å². The van der Waals surface area contributed by atoms with Crippen LogP contribution in [-0.2, 0) is 11.0 Å². The Morgan fingerprint density at radius 3 is 2.38 bits per heavy atom. The van der Waals surface area contributed by atoms with Crippen LogP contribution >= 0.6 is 11.6 Å². The van der Waals surface area contributed by atoms with Gasteiger partial charge in [-0.1, -0.05) is 29.8 Å². The zero-order valence-corrected chi connectivity index (χ0v) is 17.4. The molecule has 0 atom stereocenters. The van der Waals surface area contributed by atoms with Gasteiger partial charge in [0, 0.05) is 11.6 Å². The molecule has 1 aromatic heterocycles. The van der Waals surface area contributed by atoms with Crippen LogP contribution < -0.4 is 15.4 Å². The SMILES string of the molecule is O=C(O)CNc1nc(Nc2c(Cl)cccc2C(F)(F)F)cc(-c2cccc(OC(F)(F)F)c2)n1. The van der Waals surface area contributed by atoms with Crippen LogP contribution in [0.2, 0.25) is 5.02 Å². The van der Waals surface area contributed by atoms with Crippen LogP contribution in [0.25, 0.3) is 11.3 Å². The number of anilines is 3. The molecule has 0 radical (unpaired) electrons. The lowest BCUT2D eigenvalue weighted by Gasteiger charge is -2.17. The number of carboxylic acid groups (broad SMARTS) is 1. The molecule has 34 heavy (non-hydrogen) atoms. The molecule has 0 aliphatic heterocycles. The highest BCUT2D eigenvalue weighted by Gasteiger charge is 2.34. The van der Waals surface area contributed by atoms with E-state index in [1.54, 1.807) is 0 Å². The predicted molar refractivity (Wildman–Crippen MR) is 110 cm³/mol. The largest absolute Gasteiger partial charge is 0.573 e. The lowest BCUT2D eigenvalue weighted by atomic mass is 10.1. The summed E-state index contributed by atoms with van der Waals surface area (Å²) < 4.78 is 81.9. The molecule has 7 nitrogen and oxygen atoms in total. The number of aromatic nitrogens is 2. The van der Waals surface area contributed by atoms with E-state index in [1.807, 2.05) is 0 Å². The van der Waals surface area contributed by atoms with Crippen LogP contribution in [0.1, 0.15) is 5.56 Å². The quantitative estimate of drug-likeness (QED) is 0.340. The number of rotatable bonds is 7. The number of benzene rings is 2. The third-order valence-corrected chi connectivity index (χ3v) is 4.37. The van der Waals surface area contributed by atoms with Crippen molar-refractivity contribution in [3.8, 4) is 17.0 Å². The summed E-state index contributed by atoms with van der Waals surface area (Å²) >= 11 is 5.94. The molecule has 3 aromatic rings. The van der Waals surface area contributed by atoms with Crippen molar-refractivity contribution in [1.82, 2.24) is 9.97 Å². The van der Waals surface area contributed by atoms with Gasteiger partial charge in [-0.2, -0.15) is 18.2 Å². The Hall–Kier alpha value is -3.74. The van der Waals surface area contributed by atoms with Gasteiger partial charge in [0.15, 0.2) is 0 Å². The third kappa shape index (κ3) is 6.63. The van der Waals surface area contributed by atoms with E-state index >= 15 is 0 Å². The first-order valence-electron chi connectivity index (χ1n) is 9.15. The Morgan fingerprint density at radius 2 is 1.74 bits per heavy atom. The number of nitrogens with zero attached hydrogens (tertiary/aromatic N) is 2. The fraction of sp³-hybridized carbons (Fsp3) is 0.150. The van der Waals surface area contributed by atoms with Crippen LogP contribution in [0.3, 0.4) is 0 Å². The minimum Gasteiger partial charge on any atom is -0.480 e. The second-order valence-electron chi connectivity index (χ2n) is 6.57. The first-order chi connectivity index (χ1) is 15.8. The molecule has 0 bridgehead atoms. The molecular formula is C20H13ClF6N4O3. The average Bonchev–Trinajstić information content (AvgIpc) is 2.72. The van der Waals surface area contributed by atoms with Gasteiger partial charge in [-0.3, -0.25) is 4.79 Å². The second kappa shape index (κ2) is 9.63. The van der Waals surface area contributed by atoms with Crippen molar-refractivity contribution >= 4 is 35.0 Å². The van der Waals surface area contributed by atoms with Gasteiger partial charge in [0.05, 0.1) is 22.0 Å². The lowest BCUT2D eigenvalue weighted by molar-refractivity contribution is -0.274. The maximum absolute atomic E-state index is 13.4. The molecule has 0 aliphatic rings. The topological polar surface area (TPSA) is 96.4 Å². The number of hydrogen-bond acceptors (Lipinski definition) is 6. The zero-order chi connectivity index (χ0) is 25.1.